The van der Waals surface area contributed by atoms with Gasteiger partial charge >= 0.3 is 12.0 Å². The van der Waals surface area contributed by atoms with Gasteiger partial charge in [-0.25, -0.2) is 9.59 Å². The van der Waals surface area contributed by atoms with E-state index in [1.807, 2.05) is 38.1 Å². The quantitative estimate of drug-likeness (QED) is 0.0533. The van der Waals surface area contributed by atoms with Gasteiger partial charge < -0.3 is 34.5 Å². The number of esters is 1. The number of nitro benzene ring substituents is 1. The first-order valence-corrected chi connectivity index (χ1v) is 15.1. The lowest BCUT2D eigenvalue weighted by Gasteiger charge is -2.28. The second-order valence-corrected chi connectivity index (χ2v) is 10.9. The number of benzene rings is 3. The Bertz CT molecular complexity index is 1900. The van der Waals surface area contributed by atoms with Crippen molar-refractivity contribution in [2.45, 2.75) is 39.6 Å². The third kappa shape index (κ3) is 7.23. The van der Waals surface area contributed by atoms with Crippen LogP contribution in [0.3, 0.4) is 0 Å². The van der Waals surface area contributed by atoms with Gasteiger partial charge in [0.2, 0.25) is 0 Å². The van der Waals surface area contributed by atoms with Gasteiger partial charge in [-0.1, -0.05) is 36.4 Å². The summed E-state index contributed by atoms with van der Waals surface area (Å²) in [5.41, 5.74) is 7.61. The van der Waals surface area contributed by atoms with Crippen LogP contribution in [0.5, 0.6) is 11.5 Å². The summed E-state index contributed by atoms with van der Waals surface area (Å²) in [5.74, 6) is 0.121. The summed E-state index contributed by atoms with van der Waals surface area (Å²) in [6, 6.07) is 18.1. The molecule has 1 aromatic heterocycles. The zero-order chi connectivity index (χ0) is 34.4. The Morgan fingerprint density at radius 1 is 1.12 bits per heavy atom. The second-order valence-electron chi connectivity index (χ2n) is 10.9. The molecule has 1 aliphatic rings. The fraction of sp³-hybridized carbons (Fsp3) is 0.265. The van der Waals surface area contributed by atoms with Crippen LogP contribution in [-0.4, -0.2) is 59.4 Å². The van der Waals surface area contributed by atoms with Gasteiger partial charge in [0, 0.05) is 46.5 Å². The number of allylic oxidation sites excluding steroid dienone is 1. The summed E-state index contributed by atoms with van der Waals surface area (Å²) in [6.07, 6.45) is 0.458. The third-order valence-electron chi connectivity index (χ3n) is 7.86. The Morgan fingerprint density at radius 3 is 2.58 bits per heavy atom. The lowest BCUT2D eigenvalue weighted by atomic mass is 9.95. The van der Waals surface area contributed by atoms with E-state index in [2.05, 4.69) is 25.7 Å². The summed E-state index contributed by atoms with van der Waals surface area (Å²) in [5, 5.41) is 32.3. The molecule has 0 aliphatic carbocycles. The number of para-hydroxylation sites is 1. The van der Waals surface area contributed by atoms with Crippen LogP contribution in [0.1, 0.15) is 42.3 Å². The molecule has 0 bridgehead atoms. The molecular weight excluding hydrogens is 620 g/mol. The van der Waals surface area contributed by atoms with E-state index >= 15 is 0 Å². The minimum Gasteiger partial charge on any atom is -0.490 e. The van der Waals surface area contributed by atoms with Crippen LogP contribution in [0.25, 0.3) is 10.9 Å². The van der Waals surface area contributed by atoms with Gasteiger partial charge in [-0.2, -0.15) is 5.10 Å². The molecule has 48 heavy (non-hydrogen) atoms. The molecule has 0 unspecified atom stereocenters. The fourth-order valence-electron chi connectivity index (χ4n) is 5.54. The number of hydrazone groups is 1. The van der Waals surface area contributed by atoms with Crippen LogP contribution in [0, 0.1) is 17.0 Å². The van der Waals surface area contributed by atoms with Gasteiger partial charge in [0.1, 0.15) is 6.61 Å². The van der Waals surface area contributed by atoms with Crippen molar-refractivity contribution in [3.05, 3.63) is 110 Å². The molecule has 14 heteroatoms. The van der Waals surface area contributed by atoms with E-state index < -0.39 is 29.2 Å². The lowest BCUT2D eigenvalue weighted by Crippen LogP contribution is -2.45. The van der Waals surface area contributed by atoms with Crippen LogP contribution in [0.4, 0.5) is 10.5 Å². The highest BCUT2D eigenvalue weighted by atomic mass is 16.6. The number of methoxy groups -OCH3 is 1. The Morgan fingerprint density at radius 2 is 1.88 bits per heavy atom. The maximum Gasteiger partial charge on any atom is 0.337 e. The second kappa shape index (κ2) is 14.7. The van der Waals surface area contributed by atoms with Gasteiger partial charge in [0.25, 0.3) is 5.69 Å². The number of urea groups is 1. The van der Waals surface area contributed by atoms with Crippen LogP contribution in [0.15, 0.2) is 83.1 Å². The molecular formula is C34H36N6O8. The number of aliphatic hydroxyl groups excluding tert-OH is 1. The maximum absolute atomic E-state index is 12.5. The first kappa shape index (κ1) is 33.5. The topological polar surface area (TPSA) is 179 Å². The zero-order valence-electron chi connectivity index (χ0n) is 26.9. The Labute approximate surface area is 276 Å². The molecule has 0 saturated carbocycles. The van der Waals surface area contributed by atoms with Crippen molar-refractivity contribution in [3.8, 4) is 11.5 Å². The normalized spacial score (nSPS) is 15.2. The van der Waals surface area contributed by atoms with E-state index in [4.69, 9.17) is 14.2 Å². The number of hydrogen-bond acceptors (Lipinski definition) is 10. The monoisotopic (exact) mass is 656 g/mol. The number of hydrogen-bond donors (Lipinski definition) is 4. The molecule has 3 aromatic carbocycles. The number of fused-ring (bicyclic) bond motifs is 1. The Kier molecular flexibility index (Phi) is 10.2. The summed E-state index contributed by atoms with van der Waals surface area (Å²) < 4.78 is 18.7. The van der Waals surface area contributed by atoms with Gasteiger partial charge in [0.05, 0.1) is 36.5 Å². The van der Waals surface area contributed by atoms with Crippen molar-refractivity contribution in [1.29, 1.82) is 0 Å². The predicted molar refractivity (Wildman–Crippen MR) is 178 cm³/mol. The van der Waals surface area contributed by atoms with Crippen LogP contribution in [-0.2, 0) is 16.1 Å². The smallest absolute Gasteiger partial charge is 0.337 e. The van der Waals surface area contributed by atoms with Crippen molar-refractivity contribution in [2.24, 2.45) is 5.10 Å². The molecule has 2 amide bonds. The maximum atomic E-state index is 12.5. The molecule has 250 valence electrons. The summed E-state index contributed by atoms with van der Waals surface area (Å²) in [4.78, 5) is 35.3. The third-order valence-corrected chi connectivity index (χ3v) is 7.86. The number of rotatable bonds is 13. The van der Waals surface area contributed by atoms with E-state index in [1.165, 1.54) is 19.2 Å². The molecule has 0 fully saturated rings. The highest BCUT2D eigenvalue weighted by Gasteiger charge is 2.32. The highest BCUT2D eigenvalue weighted by Crippen LogP contribution is 2.35. The summed E-state index contributed by atoms with van der Waals surface area (Å²) >= 11 is 0. The Hall–Kier alpha value is -5.89. The van der Waals surface area contributed by atoms with Crippen LogP contribution in [0.2, 0.25) is 0 Å². The van der Waals surface area contributed by atoms with Crippen LogP contribution >= 0.6 is 0 Å². The molecule has 2 atom stereocenters. The number of non-ortho nitro benzene ring substituents is 1. The number of carbonyl (C=O) groups excluding carboxylic acids is 2. The van der Waals surface area contributed by atoms with Crippen molar-refractivity contribution < 1.29 is 33.8 Å². The molecule has 0 radical (unpaired) electrons. The predicted octanol–water partition coefficient (Wildman–Crippen LogP) is 4.43. The van der Waals surface area contributed by atoms with E-state index in [1.54, 1.807) is 43.5 Å². The number of aliphatic hydroxyl groups is 1. The van der Waals surface area contributed by atoms with Crippen molar-refractivity contribution >= 4 is 34.8 Å². The van der Waals surface area contributed by atoms with Crippen molar-refractivity contribution in [1.82, 2.24) is 20.6 Å². The van der Waals surface area contributed by atoms with Gasteiger partial charge in [-0.15, -0.1) is 0 Å². The van der Waals surface area contributed by atoms with E-state index in [0.29, 0.717) is 35.9 Å². The van der Waals surface area contributed by atoms with Crippen LogP contribution < -0.4 is 25.5 Å². The first-order valence-electron chi connectivity index (χ1n) is 15.1. The molecule has 0 spiro atoms. The molecule has 4 aromatic rings. The molecule has 1 aliphatic heterocycles. The number of nitrogens with one attached hydrogen (secondary N) is 3. The largest absolute Gasteiger partial charge is 0.490 e. The van der Waals surface area contributed by atoms with Gasteiger partial charge in [-0.3, -0.25) is 15.5 Å². The molecule has 14 nitrogen and oxygen atoms in total. The average Bonchev–Trinajstić information content (AvgIpc) is 3.33. The molecule has 2 heterocycles. The average molecular weight is 657 g/mol. The van der Waals surface area contributed by atoms with Gasteiger partial charge in [0.15, 0.2) is 17.7 Å². The summed E-state index contributed by atoms with van der Waals surface area (Å²) in [6.45, 7) is 6.05. The van der Waals surface area contributed by atoms with E-state index in [9.17, 15) is 24.8 Å². The summed E-state index contributed by atoms with van der Waals surface area (Å²) in [7, 11) is 1.27. The number of amides is 2. The zero-order valence-corrected chi connectivity index (χ0v) is 26.9. The lowest BCUT2D eigenvalue weighted by molar-refractivity contribution is -0.384. The number of aromatic nitrogens is 1. The van der Waals surface area contributed by atoms with Crippen molar-refractivity contribution in [3.63, 3.8) is 0 Å². The molecule has 0 saturated heterocycles. The first-order chi connectivity index (χ1) is 23.1. The number of nitro groups is 1. The van der Waals surface area contributed by atoms with Gasteiger partial charge in [-0.05, 0) is 50.1 Å². The minimum absolute atomic E-state index is 0.0364. The Balaban J connectivity index is 1.28. The van der Waals surface area contributed by atoms with E-state index in [-0.39, 0.29) is 17.9 Å². The van der Waals surface area contributed by atoms with Crippen molar-refractivity contribution in [2.75, 3.05) is 20.3 Å². The highest BCUT2D eigenvalue weighted by molar-refractivity contribution is 6.01. The minimum atomic E-state index is -1.18. The fourth-order valence-corrected chi connectivity index (χ4v) is 5.54. The molecule has 4 N–H and O–H groups in total. The number of ether oxygens (including phenoxy) is 3. The standard InChI is InChI=1S/C34H36N6O8/c1-5-47-29-16-23(32-31(33(42)46-4)20(2)36-34(43)37-32)12-15-28(29)48-19-30(41)38-35-17-26-21(3)39(27-9-7-6-8-25(26)27)18-22-10-13-24(14-11-22)40(44)45/h6-17,30,32,38,41H,5,18-19H2,1-4H3,(H2,36,37,43)/b35-17-/t30-,32+/m0/s1. The molecule has 5 rings (SSSR count). The number of nitrogens with zero attached hydrogens (tertiary/aromatic N) is 3. The van der Waals surface area contributed by atoms with E-state index in [0.717, 1.165) is 27.7 Å². The number of carbonyl (C=O) groups is 2. The SMILES string of the molecule is CCOc1cc([C@H]2NC(=O)NC(C)=C2C(=O)OC)ccc1OC[C@H](O)N/N=C\c1c(C)n(Cc2ccc([N+](=O)[O-])cc2)c2ccccc12.